The highest BCUT2D eigenvalue weighted by Gasteiger charge is 2.33. The van der Waals surface area contributed by atoms with Gasteiger partial charge in [0.1, 0.15) is 0 Å². The highest BCUT2D eigenvalue weighted by atomic mass is 16.2. The summed E-state index contributed by atoms with van der Waals surface area (Å²) in [6.07, 6.45) is 0. The Morgan fingerprint density at radius 2 is 2.06 bits per heavy atom. The zero-order valence-corrected chi connectivity index (χ0v) is 9.80. The van der Waals surface area contributed by atoms with Crippen LogP contribution < -0.4 is 10.2 Å². The Bertz CT molecular complexity index is 406. The molecule has 3 rings (SSSR count). The van der Waals surface area contributed by atoms with Gasteiger partial charge in [0.15, 0.2) is 0 Å². The minimum absolute atomic E-state index is 0.256. The average Bonchev–Trinajstić information content (AvgIpc) is 2.40. The van der Waals surface area contributed by atoms with Gasteiger partial charge in [-0.1, -0.05) is 18.2 Å². The van der Waals surface area contributed by atoms with Crippen LogP contribution in [0.4, 0.5) is 5.69 Å². The summed E-state index contributed by atoms with van der Waals surface area (Å²) in [4.78, 5) is 16.3. The van der Waals surface area contributed by atoms with Crippen molar-refractivity contribution < 1.29 is 4.79 Å². The Labute approximate surface area is 101 Å². The summed E-state index contributed by atoms with van der Waals surface area (Å²) >= 11 is 0. The van der Waals surface area contributed by atoms with E-state index in [4.69, 9.17) is 0 Å². The maximum absolute atomic E-state index is 12.1. The van der Waals surface area contributed by atoms with Gasteiger partial charge in [0.25, 0.3) is 0 Å². The summed E-state index contributed by atoms with van der Waals surface area (Å²) in [5.41, 5.74) is 1.14. The van der Waals surface area contributed by atoms with E-state index in [0.29, 0.717) is 12.6 Å². The number of benzene rings is 1. The second kappa shape index (κ2) is 4.37. The van der Waals surface area contributed by atoms with Crippen molar-refractivity contribution in [3.8, 4) is 0 Å². The first-order chi connectivity index (χ1) is 8.34. The van der Waals surface area contributed by atoms with E-state index < -0.39 is 0 Å². The number of hydrogen-bond acceptors (Lipinski definition) is 3. The molecule has 0 bridgehead atoms. The van der Waals surface area contributed by atoms with Crippen LogP contribution in [0.25, 0.3) is 0 Å². The number of fused-ring (bicyclic) bond motifs is 1. The maximum atomic E-state index is 12.1. The quantitative estimate of drug-likeness (QED) is 0.755. The predicted molar refractivity (Wildman–Crippen MR) is 67.0 cm³/mol. The standard InChI is InChI=1S/C13H17N3O/c17-13-10-15(11-4-2-1-3-5-11)9-12-8-14-6-7-16(12)13/h1-5,12,14H,6-10H2. The number of nitrogens with one attached hydrogen (secondary N) is 1. The topological polar surface area (TPSA) is 35.6 Å². The molecule has 1 aromatic carbocycles. The normalized spacial score (nSPS) is 24.7. The molecular formula is C13H17N3O. The van der Waals surface area contributed by atoms with Crippen LogP contribution in [0.15, 0.2) is 30.3 Å². The molecule has 1 atom stereocenters. The van der Waals surface area contributed by atoms with Crippen molar-refractivity contribution in [2.75, 3.05) is 37.6 Å². The number of hydrogen-bond donors (Lipinski definition) is 1. The molecular weight excluding hydrogens is 214 g/mol. The lowest BCUT2D eigenvalue weighted by atomic mass is 10.1. The van der Waals surface area contributed by atoms with E-state index in [2.05, 4.69) is 22.3 Å². The van der Waals surface area contributed by atoms with E-state index in [1.807, 2.05) is 23.1 Å². The third kappa shape index (κ3) is 2.00. The Kier molecular flexibility index (Phi) is 2.73. The number of piperazine rings is 2. The molecule has 2 saturated heterocycles. The van der Waals surface area contributed by atoms with Crippen molar-refractivity contribution in [2.24, 2.45) is 0 Å². The molecule has 2 heterocycles. The number of nitrogens with zero attached hydrogens (tertiary/aromatic N) is 2. The third-order valence-electron chi connectivity index (χ3n) is 3.55. The average molecular weight is 231 g/mol. The fourth-order valence-electron chi connectivity index (χ4n) is 2.66. The number of carbonyl (C=O) groups is 1. The molecule has 90 valence electrons. The first-order valence-corrected chi connectivity index (χ1v) is 6.15. The Hall–Kier alpha value is -1.55. The fraction of sp³-hybridized carbons (Fsp3) is 0.462. The number of para-hydroxylation sites is 1. The lowest BCUT2D eigenvalue weighted by Crippen LogP contribution is -2.63. The maximum Gasteiger partial charge on any atom is 0.242 e. The van der Waals surface area contributed by atoms with Gasteiger partial charge in [0.05, 0.1) is 12.6 Å². The van der Waals surface area contributed by atoms with Crippen LogP contribution in [0.3, 0.4) is 0 Å². The van der Waals surface area contributed by atoms with Crippen molar-refractivity contribution in [2.45, 2.75) is 6.04 Å². The molecule has 2 aliphatic heterocycles. The van der Waals surface area contributed by atoms with Crippen molar-refractivity contribution in [3.63, 3.8) is 0 Å². The SMILES string of the molecule is O=C1CN(c2ccccc2)CC2CNCCN12. The van der Waals surface area contributed by atoms with Gasteiger partial charge in [-0.05, 0) is 12.1 Å². The van der Waals surface area contributed by atoms with Crippen molar-refractivity contribution >= 4 is 11.6 Å². The van der Waals surface area contributed by atoms with Crippen LogP contribution >= 0.6 is 0 Å². The number of rotatable bonds is 1. The molecule has 0 radical (unpaired) electrons. The smallest absolute Gasteiger partial charge is 0.242 e. The molecule has 0 spiro atoms. The van der Waals surface area contributed by atoms with Gasteiger partial charge >= 0.3 is 0 Å². The van der Waals surface area contributed by atoms with Gasteiger partial charge in [-0.3, -0.25) is 4.79 Å². The van der Waals surface area contributed by atoms with Gasteiger partial charge in [0.2, 0.25) is 5.91 Å². The molecule has 1 unspecified atom stereocenters. The minimum atomic E-state index is 0.256. The summed E-state index contributed by atoms with van der Waals surface area (Å²) in [6.45, 7) is 4.14. The van der Waals surface area contributed by atoms with Crippen LogP contribution in [0.5, 0.6) is 0 Å². The van der Waals surface area contributed by atoms with E-state index in [9.17, 15) is 4.79 Å². The lowest BCUT2D eigenvalue weighted by molar-refractivity contribution is -0.134. The van der Waals surface area contributed by atoms with Gasteiger partial charge in [-0.2, -0.15) is 0 Å². The fourth-order valence-corrected chi connectivity index (χ4v) is 2.66. The number of anilines is 1. The molecule has 2 aliphatic rings. The largest absolute Gasteiger partial charge is 0.360 e. The van der Waals surface area contributed by atoms with Crippen molar-refractivity contribution in [1.29, 1.82) is 0 Å². The van der Waals surface area contributed by atoms with Crippen LogP contribution in [-0.4, -0.2) is 49.6 Å². The van der Waals surface area contributed by atoms with E-state index in [1.165, 1.54) is 0 Å². The van der Waals surface area contributed by atoms with Crippen LogP contribution in [0, 0.1) is 0 Å². The van der Waals surface area contributed by atoms with Crippen molar-refractivity contribution in [1.82, 2.24) is 10.2 Å². The Morgan fingerprint density at radius 3 is 2.88 bits per heavy atom. The molecule has 0 aromatic heterocycles. The summed E-state index contributed by atoms with van der Waals surface area (Å²) in [6, 6.07) is 10.5. The first kappa shape index (κ1) is 10.6. The van der Waals surface area contributed by atoms with Crippen LogP contribution in [0.2, 0.25) is 0 Å². The summed E-state index contributed by atoms with van der Waals surface area (Å²) < 4.78 is 0. The third-order valence-corrected chi connectivity index (χ3v) is 3.55. The second-order valence-corrected chi connectivity index (χ2v) is 4.66. The minimum Gasteiger partial charge on any atom is -0.360 e. The predicted octanol–water partition coefficient (Wildman–Crippen LogP) is 0.307. The molecule has 4 nitrogen and oxygen atoms in total. The second-order valence-electron chi connectivity index (χ2n) is 4.66. The molecule has 1 aromatic rings. The first-order valence-electron chi connectivity index (χ1n) is 6.15. The van der Waals surface area contributed by atoms with E-state index in [-0.39, 0.29) is 5.91 Å². The molecule has 1 amide bonds. The molecule has 4 heteroatoms. The van der Waals surface area contributed by atoms with Crippen molar-refractivity contribution in [3.05, 3.63) is 30.3 Å². The Morgan fingerprint density at radius 1 is 1.24 bits per heavy atom. The zero-order valence-electron chi connectivity index (χ0n) is 9.80. The van der Waals surface area contributed by atoms with E-state index in [1.54, 1.807) is 0 Å². The van der Waals surface area contributed by atoms with E-state index in [0.717, 1.165) is 31.9 Å². The number of carbonyl (C=O) groups excluding carboxylic acids is 1. The monoisotopic (exact) mass is 231 g/mol. The molecule has 2 fully saturated rings. The van der Waals surface area contributed by atoms with Gasteiger partial charge in [-0.15, -0.1) is 0 Å². The van der Waals surface area contributed by atoms with E-state index >= 15 is 0 Å². The van der Waals surface area contributed by atoms with Gasteiger partial charge in [-0.25, -0.2) is 0 Å². The molecule has 17 heavy (non-hydrogen) atoms. The zero-order chi connectivity index (χ0) is 11.7. The van der Waals surface area contributed by atoms with Crippen LogP contribution in [0.1, 0.15) is 0 Å². The van der Waals surface area contributed by atoms with Gasteiger partial charge in [0, 0.05) is 31.9 Å². The summed E-state index contributed by atoms with van der Waals surface area (Å²) in [5, 5.41) is 3.36. The lowest BCUT2D eigenvalue weighted by Gasteiger charge is -2.44. The highest BCUT2D eigenvalue weighted by molar-refractivity contribution is 5.83. The summed E-state index contributed by atoms with van der Waals surface area (Å²) in [7, 11) is 0. The molecule has 0 aliphatic carbocycles. The van der Waals surface area contributed by atoms with Gasteiger partial charge < -0.3 is 15.1 Å². The summed E-state index contributed by atoms with van der Waals surface area (Å²) in [5.74, 6) is 0.256. The molecule has 1 N–H and O–H groups in total. The number of amides is 1. The molecule has 0 saturated carbocycles. The highest BCUT2D eigenvalue weighted by Crippen LogP contribution is 2.20. The van der Waals surface area contributed by atoms with Crippen LogP contribution in [-0.2, 0) is 4.79 Å². The Balaban J connectivity index is 1.79.